The minimum atomic E-state index is -4.44. The molecule has 20 heavy (non-hydrogen) atoms. The largest absolute Gasteiger partial charge is 0.416 e. The van der Waals surface area contributed by atoms with Crippen molar-refractivity contribution >= 4 is 5.82 Å². The molecule has 1 aromatic carbocycles. The monoisotopic (exact) mass is 278 g/mol. The summed E-state index contributed by atoms with van der Waals surface area (Å²) in [6.45, 7) is 1.55. The van der Waals surface area contributed by atoms with Gasteiger partial charge in [-0.3, -0.25) is 0 Å². The molecule has 0 fully saturated rings. The van der Waals surface area contributed by atoms with Crippen LogP contribution in [0.1, 0.15) is 16.8 Å². The fourth-order valence-corrected chi connectivity index (χ4v) is 1.70. The molecule has 0 saturated heterocycles. The number of aryl methyl sites for hydroxylation is 1. The summed E-state index contributed by atoms with van der Waals surface area (Å²) in [5.41, 5.74) is 5.45. The van der Waals surface area contributed by atoms with E-state index in [1.807, 2.05) is 6.07 Å². The summed E-state index contributed by atoms with van der Waals surface area (Å²) in [5.74, 6) is 0.0116. The Kier molecular flexibility index (Phi) is 3.32. The van der Waals surface area contributed by atoms with Gasteiger partial charge in [-0.1, -0.05) is 12.1 Å². The molecule has 0 aliphatic carbocycles. The van der Waals surface area contributed by atoms with E-state index in [0.717, 1.165) is 12.1 Å². The first-order chi connectivity index (χ1) is 9.32. The average Bonchev–Trinajstić information content (AvgIpc) is 2.37. The molecule has 0 aliphatic heterocycles. The predicted octanol–water partition coefficient (Wildman–Crippen LogP) is 2.92. The lowest BCUT2D eigenvalue weighted by molar-refractivity contribution is -0.137. The number of nitrogens with two attached hydrogens (primary N) is 1. The number of benzene rings is 1. The van der Waals surface area contributed by atoms with Crippen molar-refractivity contribution in [3.63, 3.8) is 0 Å². The van der Waals surface area contributed by atoms with Gasteiger partial charge in [0, 0.05) is 5.56 Å². The second kappa shape index (κ2) is 4.81. The van der Waals surface area contributed by atoms with Gasteiger partial charge in [-0.25, -0.2) is 9.97 Å². The Labute approximate surface area is 112 Å². The van der Waals surface area contributed by atoms with Crippen molar-refractivity contribution in [1.82, 2.24) is 9.97 Å². The molecule has 7 heteroatoms. The summed E-state index contributed by atoms with van der Waals surface area (Å²) < 4.78 is 38.0. The van der Waals surface area contributed by atoms with E-state index in [0.29, 0.717) is 5.69 Å². The molecular formula is C13H9F3N4. The summed E-state index contributed by atoms with van der Waals surface area (Å²) in [7, 11) is 0. The molecule has 0 amide bonds. The van der Waals surface area contributed by atoms with Crippen LogP contribution in [-0.2, 0) is 6.18 Å². The zero-order valence-corrected chi connectivity index (χ0v) is 10.4. The van der Waals surface area contributed by atoms with Gasteiger partial charge in [0.05, 0.1) is 11.3 Å². The summed E-state index contributed by atoms with van der Waals surface area (Å²) in [6.07, 6.45) is -4.44. The number of halogens is 3. The quantitative estimate of drug-likeness (QED) is 0.870. The van der Waals surface area contributed by atoms with Crippen molar-refractivity contribution in [3.05, 3.63) is 41.1 Å². The summed E-state index contributed by atoms with van der Waals surface area (Å²) in [6, 6.07) is 6.48. The van der Waals surface area contributed by atoms with E-state index >= 15 is 0 Å². The zero-order valence-electron chi connectivity index (χ0n) is 10.4. The highest BCUT2D eigenvalue weighted by Gasteiger charge is 2.30. The van der Waals surface area contributed by atoms with E-state index in [1.54, 1.807) is 6.92 Å². The van der Waals surface area contributed by atoms with Crippen molar-refractivity contribution < 1.29 is 13.2 Å². The Morgan fingerprint density at radius 2 is 1.95 bits per heavy atom. The van der Waals surface area contributed by atoms with Crippen LogP contribution in [0.15, 0.2) is 24.3 Å². The molecule has 1 heterocycles. The molecule has 0 unspecified atom stereocenters. The number of nitrogen functional groups attached to an aromatic ring is 1. The molecule has 0 aliphatic rings. The zero-order chi connectivity index (χ0) is 14.9. The minimum Gasteiger partial charge on any atom is -0.382 e. The van der Waals surface area contributed by atoms with Crippen LogP contribution in [0.25, 0.3) is 11.4 Å². The normalized spacial score (nSPS) is 11.2. The van der Waals surface area contributed by atoms with Gasteiger partial charge in [-0.2, -0.15) is 18.4 Å². The third-order valence-corrected chi connectivity index (χ3v) is 2.68. The highest BCUT2D eigenvalue weighted by atomic mass is 19.4. The number of anilines is 1. The van der Waals surface area contributed by atoms with Crippen LogP contribution >= 0.6 is 0 Å². The molecule has 0 atom stereocenters. The molecule has 2 aromatic rings. The third-order valence-electron chi connectivity index (χ3n) is 2.68. The summed E-state index contributed by atoms with van der Waals surface area (Å²) in [4.78, 5) is 7.89. The minimum absolute atomic E-state index is 0.0487. The molecule has 1 aromatic heterocycles. The van der Waals surface area contributed by atoms with Crippen molar-refractivity contribution in [2.75, 3.05) is 5.73 Å². The number of aromatic nitrogens is 2. The van der Waals surface area contributed by atoms with Gasteiger partial charge in [0.1, 0.15) is 17.5 Å². The van der Waals surface area contributed by atoms with Crippen molar-refractivity contribution in [3.8, 4) is 17.5 Å². The SMILES string of the molecule is Cc1nc(-c2cccc(C(F)(F)F)c2)nc(N)c1C#N. The van der Waals surface area contributed by atoms with E-state index < -0.39 is 11.7 Å². The van der Waals surface area contributed by atoms with E-state index in [4.69, 9.17) is 11.0 Å². The fourth-order valence-electron chi connectivity index (χ4n) is 1.70. The molecule has 0 saturated carbocycles. The van der Waals surface area contributed by atoms with Gasteiger partial charge in [0.15, 0.2) is 5.82 Å². The second-order valence-corrected chi connectivity index (χ2v) is 4.08. The Bertz CT molecular complexity index is 678. The van der Waals surface area contributed by atoms with E-state index in [-0.39, 0.29) is 22.8 Å². The molecule has 2 N–H and O–H groups in total. The number of nitriles is 1. The van der Waals surface area contributed by atoms with Gasteiger partial charge >= 0.3 is 6.18 Å². The maximum Gasteiger partial charge on any atom is 0.416 e. The first-order valence-corrected chi connectivity index (χ1v) is 5.55. The number of nitrogens with zero attached hydrogens (tertiary/aromatic N) is 3. The lowest BCUT2D eigenvalue weighted by Crippen LogP contribution is -2.06. The topological polar surface area (TPSA) is 75.6 Å². The van der Waals surface area contributed by atoms with E-state index in [9.17, 15) is 13.2 Å². The average molecular weight is 278 g/mol. The highest BCUT2D eigenvalue weighted by Crippen LogP contribution is 2.31. The van der Waals surface area contributed by atoms with Crippen molar-refractivity contribution in [1.29, 1.82) is 5.26 Å². The van der Waals surface area contributed by atoms with Gasteiger partial charge in [-0.15, -0.1) is 0 Å². The number of hydrogen-bond acceptors (Lipinski definition) is 4. The number of hydrogen-bond donors (Lipinski definition) is 1. The van der Waals surface area contributed by atoms with Crippen LogP contribution in [0.3, 0.4) is 0 Å². The van der Waals surface area contributed by atoms with Crippen LogP contribution in [0.2, 0.25) is 0 Å². The lowest BCUT2D eigenvalue weighted by Gasteiger charge is -2.09. The van der Waals surface area contributed by atoms with Crippen LogP contribution in [-0.4, -0.2) is 9.97 Å². The molecule has 0 spiro atoms. The van der Waals surface area contributed by atoms with Gasteiger partial charge in [0.2, 0.25) is 0 Å². The molecule has 102 valence electrons. The Morgan fingerprint density at radius 1 is 1.25 bits per heavy atom. The molecule has 4 nitrogen and oxygen atoms in total. The number of rotatable bonds is 1. The van der Waals surface area contributed by atoms with Crippen molar-refractivity contribution in [2.24, 2.45) is 0 Å². The Hall–Kier alpha value is -2.62. The molecule has 0 radical (unpaired) electrons. The van der Waals surface area contributed by atoms with Gasteiger partial charge in [0.25, 0.3) is 0 Å². The molecule has 2 rings (SSSR count). The first-order valence-electron chi connectivity index (χ1n) is 5.55. The van der Waals surface area contributed by atoms with E-state index in [2.05, 4.69) is 9.97 Å². The second-order valence-electron chi connectivity index (χ2n) is 4.08. The predicted molar refractivity (Wildman–Crippen MR) is 66.3 cm³/mol. The molecular weight excluding hydrogens is 269 g/mol. The van der Waals surface area contributed by atoms with E-state index in [1.165, 1.54) is 12.1 Å². The van der Waals surface area contributed by atoms with Gasteiger partial charge < -0.3 is 5.73 Å². The first kappa shape index (κ1) is 13.8. The highest BCUT2D eigenvalue weighted by molar-refractivity contribution is 5.61. The van der Waals surface area contributed by atoms with Crippen LogP contribution < -0.4 is 5.73 Å². The summed E-state index contributed by atoms with van der Waals surface area (Å²) >= 11 is 0. The third kappa shape index (κ3) is 2.54. The summed E-state index contributed by atoms with van der Waals surface area (Å²) in [5, 5.41) is 8.85. The smallest absolute Gasteiger partial charge is 0.382 e. The number of alkyl halides is 3. The Morgan fingerprint density at radius 3 is 2.50 bits per heavy atom. The fraction of sp³-hybridized carbons (Fsp3) is 0.154. The lowest BCUT2D eigenvalue weighted by atomic mass is 10.1. The van der Waals surface area contributed by atoms with Crippen LogP contribution in [0, 0.1) is 18.3 Å². The molecule has 0 bridgehead atoms. The maximum absolute atomic E-state index is 12.7. The maximum atomic E-state index is 12.7. The van der Waals surface area contributed by atoms with Gasteiger partial charge in [-0.05, 0) is 19.1 Å². The standard InChI is InChI=1S/C13H9F3N4/c1-7-10(6-17)11(18)20-12(19-7)8-3-2-4-9(5-8)13(14,15)16/h2-5H,1H3,(H2,18,19,20). The Balaban J connectivity index is 2.56. The van der Waals surface area contributed by atoms with Crippen molar-refractivity contribution in [2.45, 2.75) is 13.1 Å². The van der Waals surface area contributed by atoms with Crippen LogP contribution in [0.5, 0.6) is 0 Å². The van der Waals surface area contributed by atoms with Crippen LogP contribution in [0.4, 0.5) is 19.0 Å².